The molecule has 1 fully saturated rings. The lowest BCUT2D eigenvalue weighted by atomic mass is 10.1. The SMILES string of the molecule is CCOc1ccc(CC(=O)N2CCN(C(=O)c3nnc(C(C)C)o3)CC2)cc1. The predicted molar refractivity (Wildman–Crippen MR) is 102 cm³/mol. The monoisotopic (exact) mass is 386 g/mol. The normalized spacial score (nSPS) is 14.4. The molecule has 0 atom stereocenters. The summed E-state index contributed by atoms with van der Waals surface area (Å²) in [6, 6.07) is 7.56. The van der Waals surface area contributed by atoms with E-state index >= 15 is 0 Å². The van der Waals surface area contributed by atoms with Crippen LogP contribution in [0.2, 0.25) is 0 Å². The molecule has 1 saturated heterocycles. The number of hydrogen-bond acceptors (Lipinski definition) is 6. The number of carbonyl (C=O) groups is 2. The number of hydrogen-bond donors (Lipinski definition) is 0. The minimum Gasteiger partial charge on any atom is -0.494 e. The molecule has 0 bridgehead atoms. The first-order chi connectivity index (χ1) is 13.5. The van der Waals surface area contributed by atoms with Crippen molar-refractivity contribution >= 4 is 11.8 Å². The molecular weight excluding hydrogens is 360 g/mol. The fourth-order valence-electron chi connectivity index (χ4n) is 3.01. The second kappa shape index (κ2) is 8.86. The van der Waals surface area contributed by atoms with Crippen molar-refractivity contribution < 1.29 is 18.7 Å². The summed E-state index contributed by atoms with van der Waals surface area (Å²) in [6.07, 6.45) is 0.335. The number of carbonyl (C=O) groups excluding carboxylic acids is 2. The first kappa shape index (κ1) is 19.9. The van der Waals surface area contributed by atoms with Gasteiger partial charge in [0.05, 0.1) is 13.0 Å². The Morgan fingerprint density at radius 1 is 1.07 bits per heavy atom. The van der Waals surface area contributed by atoms with Crippen LogP contribution in [0.1, 0.15) is 48.8 Å². The molecule has 8 nitrogen and oxygen atoms in total. The molecule has 0 unspecified atom stereocenters. The smallest absolute Gasteiger partial charge is 0.311 e. The fraction of sp³-hybridized carbons (Fsp3) is 0.500. The number of ether oxygens (including phenoxy) is 1. The van der Waals surface area contributed by atoms with E-state index in [4.69, 9.17) is 9.15 Å². The van der Waals surface area contributed by atoms with Gasteiger partial charge in [-0.1, -0.05) is 26.0 Å². The molecule has 3 rings (SSSR count). The highest BCUT2D eigenvalue weighted by Crippen LogP contribution is 2.16. The molecule has 0 saturated carbocycles. The van der Waals surface area contributed by atoms with Gasteiger partial charge in [0.2, 0.25) is 11.8 Å². The maximum Gasteiger partial charge on any atom is 0.311 e. The molecule has 1 aromatic heterocycles. The molecule has 0 aliphatic carbocycles. The first-order valence-electron chi connectivity index (χ1n) is 9.60. The molecule has 2 amide bonds. The Morgan fingerprint density at radius 2 is 1.71 bits per heavy atom. The molecule has 0 radical (unpaired) electrons. The Bertz CT molecular complexity index is 808. The molecule has 2 heterocycles. The minimum absolute atomic E-state index is 0.0119. The van der Waals surface area contributed by atoms with E-state index in [0.717, 1.165) is 11.3 Å². The average Bonchev–Trinajstić information content (AvgIpc) is 3.20. The zero-order valence-corrected chi connectivity index (χ0v) is 16.6. The lowest BCUT2D eigenvalue weighted by Gasteiger charge is -2.34. The van der Waals surface area contributed by atoms with E-state index in [9.17, 15) is 9.59 Å². The van der Waals surface area contributed by atoms with Crippen LogP contribution >= 0.6 is 0 Å². The van der Waals surface area contributed by atoms with Crippen molar-refractivity contribution in [3.05, 3.63) is 41.6 Å². The molecule has 150 valence electrons. The lowest BCUT2D eigenvalue weighted by Crippen LogP contribution is -2.51. The summed E-state index contributed by atoms with van der Waals surface area (Å²) in [7, 11) is 0. The number of nitrogens with zero attached hydrogens (tertiary/aromatic N) is 4. The third-order valence-corrected chi connectivity index (χ3v) is 4.63. The second-order valence-corrected chi connectivity index (χ2v) is 7.03. The summed E-state index contributed by atoms with van der Waals surface area (Å²) in [5.74, 6) is 1.11. The Morgan fingerprint density at radius 3 is 2.29 bits per heavy atom. The third kappa shape index (κ3) is 4.68. The van der Waals surface area contributed by atoms with E-state index < -0.39 is 0 Å². The summed E-state index contributed by atoms with van der Waals surface area (Å²) in [5, 5.41) is 7.75. The van der Waals surface area contributed by atoms with Gasteiger partial charge < -0.3 is 19.0 Å². The standard InChI is InChI=1S/C20H26N4O4/c1-4-27-16-7-5-15(6-8-16)13-17(25)23-9-11-24(12-10-23)20(26)19-22-21-18(28-19)14(2)3/h5-8,14H,4,9-13H2,1-3H3. The van der Waals surface area contributed by atoms with Gasteiger partial charge in [-0.2, -0.15) is 0 Å². The predicted octanol–water partition coefficient (Wildman–Crippen LogP) is 2.12. The van der Waals surface area contributed by atoms with Gasteiger partial charge in [0.25, 0.3) is 0 Å². The van der Waals surface area contributed by atoms with Crippen molar-refractivity contribution in [2.45, 2.75) is 33.1 Å². The van der Waals surface area contributed by atoms with Gasteiger partial charge in [-0.15, -0.1) is 10.2 Å². The number of piperazine rings is 1. The van der Waals surface area contributed by atoms with E-state index in [2.05, 4.69) is 10.2 Å². The second-order valence-electron chi connectivity index (χ2n) is 7.03. The van der Waals surface area contributed by atoms with Gasteiger partial charge in [0.1, 0.15) is 5.75 Å². The first-order valence-corrected chi connectivity index (χ1v) is 9.60. The lowest BCUT2D eigenvalue weighted by molar-refractivity contribution is -0.131. The maximum atomic E-state index is 12.6. The third-order valence-electron chi connectivity index (χ3n) is 4.63. The van der Waals surface area contributed by atoms with Gasteiger partial charge in [-0.25, -0.2) is 0 Å². The van der Waals surface area contributed by atoms with Crippen LogP contribution < -0.4 is 4.74 Å². The quantitative estimate of drug-likeness (QED) is 0.756. The van der Waals surface area contributed by atoms with Crippen LogP contribution in [0.4, 0.5) is 0 Å². The Hall–Kier alpha value is -2.90. The molecule has 8 heteroatoms. The van der Waals surface area contributed by atoms with E-state index in [1.165, 1.54) is 0 Å². The molecule has 1 aromatic carbocycles. The number of amides is 2. The van der Waals surface area contributed by atoms with Crippen LogP contribution in [0.25, 0.3) is 0 Å². The van der Waals surface area contributed by atoms with Gasteiger partial charge in [0, 0.05) is 32.1 Å². The average molecular weight is 386 g/mol. The molecule has 1 aliphatic rings. The van der Waals surface area contributed by atoms with Crippen LogP contribution in [-0.4, -0.2) is 64.6 Å². The van der Waals surface area contributed by atoms with E-state index in [-0.39, 0.29) is 23.6 Å². The number of benzene rings is 1. The summed E-state index contributed by atoms with van der Waals surface area (Å²) >= 11 is 0. The van der Waals surface area contributed by atoms with Gasteiger partial charge >= 0.3 is 11.8 Å². The van der Waals surface area contributed by atoms with Crippen molar-refractivity contribution in [1.29, 1.82) is 0 Å². The highest BCUT2D eigenvalue weighted by Gasteiger charge is 2.28. The van der Waals surface area contributed by atoms with E-state index in [1.54, 1.807) is 9.80 Å². The Kier molecular flexibility index (Phi) is 6.28. The van der Waals surface area contributed by atoms with Crippen LogP contribution in [0.15, 0.2) is 28.7 Å². The van der Waals surface area contributed by atoms with Crippen molar-refractivity contribution in [2.75, 3.05) is 32.8 Å². The summed E-state index contributed by atoms with van der Waals surface area (Å²) < 4.78 is 10.9. The summed E-state index contributed by atoms with van der Waals surface area (Å²) in [6.45, 7) is 8.29. The topological polar surface area (TPSA) is 88.8 Å². The van der Waals surface area contributed by atoms with Crippen molar-refractivity contribution in [3.8, 4) is 5.75 Å². The van der Waals surface area contributed by atoms with Crippen molar-refractivity contribution in [2.24, 2.45) is 0 Å². The number of rotatable bonds is 6. The molecule has 2 aromatic rings. The largest absolute Gasteiger partial charge is 0.494 e. The highest BCUT2D eigenvalue weighted by atomic mass is 16.5. The summed E-state index contributed by atoms with van der Waals surface area (Å²) in [5.41, 5.74) is 0.944. The molecule has 1 aliphatic heterocycles. The molecular formula is C20H26N4O4. The Labute approximate surface area is 164 Å². The van der Waals surface area contributed by atoms with Gasteiger partial charge in [0.15, 0.2) is 0 Å². The molecule has 0 N–H and O–H groups in total. The fourth-order valence-corrected chi connectivity index (χ4v) is 3.01. The number of aromatic nitrogens is 2. The Balaban J connectivity index is 1.51. The molecule has 0 spiro atoms. The van der Waals surface area contributed by atoms with Crippen molar-refractivity contribution in [1.82, 2.24) is 20.0 Å². The van der Waals surface area contributed by atoms with Crippen LogP contribution in [0.3, 0.4) is 0 Å². The molecule has 28 heavy (non-hydrogen) atoms. The van der Waals surface area contributed by atoms with Gasteiger partial charge in [-0.05, 0) is 24.6 Å². The summed E-state index contributed by atoms with van der Waals surface area (Å²) in [4.78, 5) is 28.5. The zero-order valence-electron chi connectivity index (χ0n) is 16.6. The zero-order chi connectivity index (χ0) is 20.1. The van der Waals surface area contributed by atoms with Gasteiger partial charge in [-0.3, -0.25) is 9.59 Å². The van der Waals surface area contributed by atoms with E-state index in [1.807, 2.05) is 45.0 Å². The maximum absolute atomic E-state index is 12.6. The minimum atomic E-state index is -0.280. The highest BCUT2D eigenvalue weighted by molar-refractivity contribution is 5.89. The van der Waals surface area contributed by atoms with Crippen molar-refractivity contribution in [3.63, 3.8) is 0 Å². The van der Waals surface area contributed by atoms with Crippen LogP contribution in [-0.2, 0) is 11.2 Å². The van der Waals surface area contributed by atoms with E-state index in [0.29, 0.717) is 45.1 Å². The van der Waals surface area contributed by atoms with Crippen LogP contribution in [0, 0.1) is 0 Å². The van der Waals surface area contributed by atoms with Crippen LogP contribution in [0.5, 0.6) is 5.75 Å².